The maximum Gasteiger partial charge on any atom is 0.108 e. The fourth-order valence-corrected chi connectivity index (χ4v) is 6.66. The van der Waals surface area contributed by atoms with Gasteiger partial charge in [0.05, 0.1) is 6.07 Å². The van der Waals surface area contributed by atoms with Crippen LogP contribution in [-0.2, 0) is 0 Å². The standard InChI is InChI=1S/C16H25N4OS/c17-8-15-9-22-10-19(15)2-1-18-20(21)16-13-4-11-3-12(6-13)7-14(16)5-11/h11-16,18H,1-7,9-10H2/q-1. The summed E-state index contributed by atoms with van der Waals surface area (Å²) in [5.74, 6) is 4.87. The SMILES string of the molecule is N#CC1CSCN1CCNN([O-])C1C2CC3CC(C2)CC1C3. The van der Waals surface area contributed by atoms with E-state index >= 15 is 0 Å². The van der Waals surface area contributed by atoms with Gasteiger partial charge in [-0.15, -0.1) is 11.8 Å². The van der Waals surface area contributed by atoms with Crippen LogP contribution in [0.15, 0.2) is 0 Å². The van der Waals surface area contributed by atoms with Crippen molar-refractivity contribution in [3.8, 4) is 6.07 Å². The van der Waals surface area contributed by atoms with Gasteiger partial charge in [0, 0.05) is 30.8 Å². The van der Waals surface area contributed by atoms with Gasteiger partial charge in [-0.05, 0) is 55.8 Å². The Bertz CT molecular complexity index is 426. The van der Waals surface area contributed by atoms with Crippen molar-refractivity contribution >= 4 is 11.8 Å². The summed E-state index contributed by atoms with van der Waals surface area (Å²) in [6.07, 6.45) is 6.53. The van der Waals surface area contributed by atoms with Gasteiger partial charge in [0.25, 0.3) is 0 Å². The number of hydrazine groups is 1. The van der Waals surface area contributed by atoms with E-state index < -0.39 is 0 Å². The first kappa shape index (κ1) is 15.2. The summed E-state index contributed by atoms with van der Waals surface area (Å²) in [7, 11) is 0. The van der Waals surface area contributed by atoms with Gasteiger partial charge < -0.3 is 10.4 Å². The van der Waals surface area contributed by atoms with Crippen LogP contribution in [0.5, 0.6) is 0 Å². The summed E-state index contributed by atoms with van der Waals surface area (Å²) < 4.78 is 0. The van der Waals surface area contributed by atoms with E-state index in [1.165, 1.54) is 37.3 Å². The Balaban J connectivity index is 1.28. The number of thioether (sulfide) groups is 1. The van der Waals surface area contributed by atoms with Crippen molar-refractivity contribution in [2.45, 2.75) is 44.2 Å². The van der Waals surface area contributed by atoms with Crippen molar-refractivity contribution in [2.24, 2.45) is 23.7 Å². The molecular formula is C16H25N4OS-. The molecule has 0 spiro atoms. The number of hydrogen-bond donors (Lipinski definition) is 1. The zero-order chi connectivity index (χ0) is 15.1. The van der Waals surface area contributed by atoms with Crippen molar-refractivity contribution < 1.29 is 0 Å². The molecule has 5 nitrogen and oxygen atoms in total. The number of hydrogen-bond acceptors (Lipinski definition) is 6. The van der Waals surface area contributed by atoms with E-state index in [0.717, 1.165) is 30.0 Å². The number of nitriles is 1. The van der Waals surface area contributed by atoms with Gasteiger partial charge >= 0.3 is 0 Å². The van der Waals surface area contributed by atoms with Crippen LogP contribution in [0.3, 0.4) is 0 Å². The van der Waals surface area contributed by atoms with Crippen molar-refractivity contribution in [2.75, 3.05) is 24.7 Å². The zero-order valence-electron chi connectivity index (χ0n) is 13.0. The molecule has 4 aliphatic carbocycles. The summed E-state index contributed by atoms with van der Waals surface area (Å²) in [5.41, 5.74) is 3.10. The first-order chi connectivity index (χ1) is 10.7. The van der Waals surface area contributed by atoms with Crippen LogP contribution in [0.25, 0.3) is 0 Å². The van der Waals surface area contributed by atoms with Gasteiger partial charge in [-0.2, -0.15) is 5.26 Å². The van der Waals surface area contributed by atoms with Crippen molar-refractivity contribution in [3.05, 3.63) is 5.21 Å². The Kier molecular flexibility index (Phi) is 4.35. The molecule has 22 heavy (non-hydrogen) atoms. The molecule has 5 fully saturated rings. The summed E-state index contributed by atoms with van der Waals surface area (Å²) in [6, 6.07) is 2.57. The smallest absolute Gasteiger partial charge is 0.108 e. The second kappa shape index (κ2) is 6.29. The molecule has 1 atom stereocenters. The molecule has 1 unspecified atom stereocenters. The molecule has 5 rings (SSSR count). The van der Waals surface area contributed by atoms with Crippen molar-refractivity contribution in [3.63, 3.8) is 0 Å². The maximum absolute atomic E-state index is 12.6. The lowest BCUT2D eigenvalue weighted by molar-refractivity contribution is -0.0650. The minimum atomic E-state index is 0.0214. The molecule has 1 N–H and O–H groups in total. The quantitative estimate of drug-likeness (QED) is 0.782. The number of nitrogens with one attached hydrogen (secondary N) is 1. The lowest BCUT2D eigenvalue weighted by Gasteiger charge is -2.59. The van der Waals surface area contributed by atoms with Crippen LogP contribution in [-0.4, -0.2) is 46.9 Å². The minimum absolute atomic E-state index is 0.0214. The van der Waals surface area contributed by atoms with Crippen LogP contribution in [0.1, 0.15) is 32.1 Å². The minimum Gasteiger partial charge on any atom is -0.771 e. The third-order valence-corrected chi connectivity index (χ3v) is 7.30. The van der Waals surface area contributed by atoms with E-state index in [1.54, 1.807) is 11.8 Å². The molecule has 0 aromatic carbocycles. The molecule has 0 radical (unpaired) electrons. The Hall–Kier alpha value is -0.320. The van der Waals surface area contributed by atoms with Crippen LogP contribution in [0.2, 0.25) is 0 Å². The van der Waals surface area contributed by atoms with E-state index in [9.17, 15) is 5.21 Å². The van der Waals surface area contributed by atoms with E-state index in [4.69, 9.17) is 5.26 Å². The van der Waals surface area contributed by atoms with Gasteiger partial charge in [0.2, 0.25) is 0 Å². The predicted octanol–water partition coefficient (Wildman–Crippen LogP) is 2.01. The molecule has 1 aliphatic heterocycles. The highest BCUT2D eigenvalue weighted by atomic mass is 32.2. The van der Waals surface area contributed by atoms with Gasteiger partial charge in [-0.3, -0.25) is 10.3 Å². The summed E-state index contributed by atoms with van der Waals surface area (Å²) >= 11 is 1.80. The van der Waals surface area contributed by atoms with E-state index in [-0.39, 0.29) is 12.1 Å². The average Bonchev–Trinajstić information content (AvgIpc) is 2.93. The zero-order valence-corrected chi connectivity index (χ0v) is 13.8. The summed E-state index contributed by atoms with van der Waals surface area (Å²) in [5, 5.41) is 22.9. The van der Waals surface area contributed by atoms with Gasteiger partial charge in [0.1, 0.15) is 6.04 Å². The first-order valence-electron chi connectivity index (χ1n) is 8.66. The van der Waals surface area contributed by atoms with Crippen LogP contribution in [0, 0.1) is 40.2 Å². The maximum atomic E-state index is 12.6. The van der Waals surface area contributed by atoms with Crippen molar-refractivity contribution in [1.82, 2.24) is 15.5 Å². The third kappa shape index (κ3) is 2.78. The van der Waals surface area contributed by atoms with Crippen molar-refractivity contribution in [1.29, 1.82) is 5.26 Å². The number of hydroxylamine groups is 1. The summed E-state index contributed by atoms with van der Waals surface area (Å²) in [6.45, 7) is 1.45. The average molecular weight is 321 g/mol. The lowest BCUT2D eigenvalue weighted by Crippen LogP contribution is -2.58. The molecule has 0 aromatic rings. The molecule has 5 aliphatic rings. The van der Waals surface area contributed by atoms with E-state index in [1.807, 2.05) is 0 Å². The fraction of sp³-hybridized carbons (Fsp3) is 0.938. The first-order valence-corrected chi connectivity index (χ1v) is 9.81. The Morgan fingerprint density at radius 1 is 1.18 bits per heavy atom. The molecule has 6 heteroatoms. The molecule has 4 bridgehead atoms. The molecule has 1 heterocycles. The van der Waals surface area contributed by atoms with Gasteiger partial charge in [-0.25, -0.2) is 0 Å². The molecule has 0 amide bonds. The highest BCUT2D eigenvalue weighted by Gasteiger charge is 2.48. The second-order valence-corrected chi connectivity index (χ2v) is 8.61. The molecule has 122 valence electrons. The molecule has 1 saturated heterocycles. The fourth-order valence-electron chi connectivity index (χ4n) is 5.50. The van der Waals surface area contributed by atoms with E-state index in [2.05, 4.69) is 16.4 Å². The lowest BCUT2D eigenvalue weighted by atomic mass is 9.54. The van der Waals surface area contributed by atoms with E-state index in [0.29, 0.717) is 18.4 Å². The largest absolute Gasteiger partial charge is 0.771 e. The van der Waals surface area contributed by atoms with Crippen LogP contribution < -0.4 is 5.43 Å². The Labute approximate surface area is 136 Å². The van der Waals surface area contributed by atoms with Crippen LogP contribution in [0.4, 0.5) is 0 Å². The third-order valence-electron chi connectivity index (χ3n) is 6.24. The molecule has 0 aromatic heterocycles. The highest BCUT2D eigenvalue weighted by molar-refractivity contribution is 7.99. The topological polar surface area (TPSA) is 65.4 Å². The summed E-state index contributed by atoms with van der Waals surface area (Å²) in [4.78, 5) is 2.17. The monoisotopic (exact) mass is 321 g/mol. The Morgan fingerprint density at radius 3 is 2.50 bits per heavy atom. The van der Waals surface area contributed by atoms with Gasteiger partial charge in [-0.1, -0.05) is 0 Å². The Morgan fingerprint density at radius 2 is 1.86 bits per heavy atom. The number of nitrogens with zero attached hydrogens (tertiary/aromatic N) is 3. The number of rotatable bonds is 5. The van der Waals surface area contributed by atoms with Gasteiger partial charge in [0.15, 0.2) is 0 Å². The van der Waals surface area contributed by atoms with Crippen LogP contribution >= 0.6 is 11.8 Å². The molecular weight excluding hydrogens is 296 g/mol. The highest BCUT2D eigenvalue weighted by Crippen LogP contribution is 2.54. The normalized spacial score (nSPS) is 43.9. The predicted molar refractivity (Wildman–Crippen MR) is 87.5 cm³/mol. The second-order valence-electron chi connectivity index (χ2n) is 7.61. The molecule has 4 saturated carbocycles.